The summed E-state index contributed by atoms with van der Waals surface area (Å²) in [7, 11) is 0. The molecule has 0 heterocycles. The number of aliphatic hydroxyl groups is 1. The van der Waals surface area contributed by atoms with Crippen LogP contribution in [0.1, 0.15) is 32.6 Å². The van der Waals surface area contributed by atoms with Crippen LogP contribution in [0.3, 0.4) is 0 Å². The fourth-order valence-corrected chi connectivity index (χ4v) is 4.11. The minimum absolute atomic E-state index is 0.0451. The fraction of sp³-hybridized carbons (Fsp3) is 0.0345. The predicted molar refractivity (Wildman–Crippen MR) is 140 cm³/mol. The van der Waals surface area contributed by atoms with E-state index in [1.165, 1.54) is 42.5 Å². The highest BCUT2D eigenvalue weighted by molar-refractivity contribution is 6.34. The van der Waals surface area contributed by atoms with Crippen molar-refractivity contribution in [1.82, 2.24) is 0 Å². The van der Waals surface area contributed by atoms with E-state index in [1.54, 1.807) is 30.3 Å². The van der Waals surface area contributed by atoms with E-state index in [0.29, 0.717) is 22.3 Å². The zero-order chi connectivity index (χ0) is 27.6. The van der Waals surface area contributed by atoms with Gasteiger partial charge in [-0.25, -0.2) is 4.39 Å². The van der Waals surface area contributed by atoms with Crippen LogP contribution in [-0.4, -0.2) is 16.7 Å². The largest absolute Gasteiger partial charge is 0.508 e. The molecule has 4 aromatic rings. The number of carbonyl (C=O) groups excluding carboxylic acids is 1. The number of hydrogen-bond donors (Lipinski definition) is 3. The van der Waals surface area contributed by atoms with Crippen molar-refractivity contribution in [1.29, 1.82) is 5.41 Å². The Hall–Kier alpha value is -4.43. The maximum Gasteiger partial charge on any atom is 0.417 e. The molecule has 0 radical (unpaired) electrons. The van der Waals surface area contributed by atoms with Crippen molar-refractivity contribution in [3.8, 4) is 11.1 Å². The summed E-state index contributed by atoms with van der Waals surface area (Å²) in [5.41, 5.74) is 0.223. The van der Waals surface area contributed by atoms with Gasteiger partial charge in [0.1, 0.15) is 11.6 Å². The summed E-state index contributed by atoms with van der Waals surface area (Å²) < 4.78 is 54.3. The third-order valence-corrected chi connectivity index (χ3v) is 6.08. The Kier molecular flexibility index (Phi) is 7.37. The number of anilines is 1. The number of benzene rings is 4. The molecule has 0 aliphatic rings. The Bertz CT molecular complexity index is 1550. The van der Waals surface area contributed by atoms with Gasteiger partial charge >= 0.3 is 6.18 Å². The predicted octanol–water partition coefficient (Wildman–Crippen LogP) is 8.36. The number of amides is 1. The molecular weight excluding hydrogens is 520 g/mol. The Labute approximate surface area is 220 Å². The van der Waals surface area contributed by atoms with Gasteiger partial charge in [-0.1, -0.05) is 72.8 Å². The highest BCUT2D eigenvalue weighted by Crippen LogP contribution is 2.36. The van der Waals surface area contributed by atoms with Gasteiger partial charge in [0, 0.05) is 16.7 Å². The van der Waals surface area contributed by atoms with Crippen molar-refractivity contribution in [3.63, 3.8) is 0 Å². The monoisotopic (exact) mass is 538 g/mol. The smallest absolute Gasteiger partial charge is 0.417 e. The maximum atomic E-state index is 13.6. The number of halogens is 5. The van der Waals surface area contributed by atoms with E-state index < -0.39 is 29.0 Å². The quantitative estimate of drug-likeness (QED) is 0.131. The second-order valence-corrected chi connectivity index (χ2v) is 8.69. The normalized spacial score (nSPS) is 11.2. The molecule has 1 amide bonds. The Morgan fingerprint density at radius 2 is 1.50 bits per heavy atom. The number of nitrogens with one attached hydrogen (secondary N) is 2. The molecule has 38 heavy (non-hydrogen) atoms. The second-order valence-electron chi connectivity index (χ2n) is 8.28. The van der Waals surface area contributed by atoms with Gasteiger partial charge in [0.2, 0.25) is 0 Å². The minimum atomic E-state index is -4.83. The lowest BCUT2D eigenvalue weighted by Crippen LogP contribution is -2.20. The minimum Gasteiger partial charge on any atom is -0.508 e. The van der Waals surface area contributed by atoms with E-state index in [0.717, 1.165) is 12.1 Å². The van der Waals surface area contributed by atoms with Crippen LogP contribution in [0.4, 0.5) is 23.2 Å². The summed E-state index contributed by atoms with van der Waals surface area (Å²) >= 11 is 6.01. The van der Waals surface area contributed by atoms with Crippen molar-refractivity contribution in [2.45, 2.75) is 6.18 Å². The summed E-state index contributed by atoms with van der Waals surface area (Å²) in [5, 5.41) is 20.4. The lowest BCUT2D eigenvalue weighted by atomic mass is 9.95. The summed E-state index contributed by atoms with van der Waals surface area (Å²) in [6.07, 6.45) is -4.83. The first-order valence-corrected chi connectivity index (χ1v) is 11.5. The third-order valence-electron chi connectivity index (χ3n) is 5.77. The van der Waals surface area contributed by atoms with Crippen LogP contribution in [0.5, 0.6) is 0 Å². The van der Waals surface area contributed by atoms with E-state index in [4.69, 9.17) is 17.0 Å². The molecule has 3 N–H and O–H groups in total. The van der Waals surface area contributed by atoms with Crippen molar-refractivity contribution in [2.75, 3.05) is 5.32 Å². The van der Waals surface area contributed by atoms with Crippen LogP contribution in [-0.2, 0) is 6.18 Å². The molecule has 0 atom stereocenters. The van der Waals surface area contributed by atoms with Crippen molar-refractivity contribution >= 4 is 34.7 Å². The molecule has 0 fully saturated rings. The molecule has 0 unspecified atom stereocenters. The van der Waals surface area contributed by atoms with Crippen LogP contribution in [0, 0.1) is 11.2 Å². The average molecular weight is 539 g/mol. The molecule has 0 bridgehead atoms. The van der Waals surface area contributed by atoms with Gasteiger partial charge < -0.3 is 10.4 Å². The van der Waals surface area contributed by atoms with Gasteiger partial charge in [-0.3, -0.25) is 10.2 Å². The lowest BCUT2D eigenvalue weighted by Gasteiger charge is -2.17. The third kappa shape index (κ3) is 5.60. The van der Waals surface area contributed by atoms with Crippen molar-refractivity contribution in [2.24, 2.45) is 0 Å². The first kappa shape index (κ1) is 26.6. The van der Waals surface area contributed by atoms with E-state index in [1.807, 2.05) is 0 Å². The summed E-state index contributed by atoms with van der Waals surface area (Å²) in [6.45, 7) is 3.45. The van der Waals surface area contributed by atoms with Crippen LogP contribution in [0.25, 0.3) is 16.9 Å². The Morgan fingerprint density at radius 3 is 2.11 bits per heavy atom. The molecule has 4 nitrogen and oxygen atoms in total. The zero-order valence-corrected chi connectivity index (χ0v) is 20.3. The number of aliphatic hydroxyl groups excluding tert-OH is 1. The van der Waals surface area contributed by atoms with Gasteiger partial charge in [0.25, 0.3) is 5.91 Å². The van der Waals surface area contributed by atoms with Gasteiger partial charge in [-0.15, -0.1) is 0 Å². The van der Waals surface area contributed by atoms with Crippen molar-refractivity contribution < 1.29 is 27.5 Å². The second kappa shape index (κ2) is 10.5. The molecule has 9 heteroatoms. The summed E-state index contributed by atoms with van der Waals surface area (Å²) in [5.74, 6) is -1.71. The molecule has 4 aromatic carbocycles. The van der Waals surface area contributed by atoms with Gasteiger partial charge in [0.15, 0.2) is 0 Å². The highest BCUT2D eigenvalue weighted by atomic mass is 35.5. The summed E-state index contributed by atoms with van der Waals surface area (Å²) in [6, 6.07) is 19.5. The first-order chi connectivity index (χ1) is 18.0. The van der Waals surface area contributed by atoms with Crippen LogP contribution >= 0.6 is 11.6 Å². The maximum absolute atomic E-state index is 13.6. The number of alkyl halides is 3. The Balaban J connectivity index is 1.81. The van der Waals surface area contributed by atoms with E-state index >= 15 is 0 Å². The van der Waals surface area contributed by atoms with E-state index in [2.05, 4.69) is 11.9 Å². The lowest BCUT2D eigenvalue weighted by molar-refractivity contribution is -0.137. The van der Waals surface area contributed by atoms with Crippen molar-refractivity contribution in [3.05, 3.63) is 130 Å². The van der Waals surface area contributed by atoms with Crippen LogP contribution in [0.2, 0.25) is 5.02 Å². The molecule has 0 aromatic heterocycles. The number of hydrogen-bond acceptors (Lipinski definition) is 3. The van der Waals surface area contributed by atoms with Crippen LogP contribution < -0.4 is 5.32 Å². The molecular formula is C29H19ClF4N2O2. The molecule has 4 rings (SSSR count). The summed E-state index contributed by atoms with van der Waals surface area (Å²) in [4.78, 5) is 13.2. The highest BCUT2D eigenvalue weighted by Gasteiger charge is 2.36. The molecule has 192 valence electrons. The number of rotatable bonds is 6. The topological polar surface area (TPSA) is 73.2 Å². The molecule has 0 saturated carbocycles. The van der Waals surface area contributed by atoms with Gasteiger partial charge in [-0.05, 0) is 41.5 Å². The first-order valence-electron chi connectivity index (χ1n) is 11.1. The molecule has 0 aliphatic carbocycles. The van der Waals surface area contributed by atoms with E-state index in [9.17, 15) is 27.5 Å². The van der Waals surface area contributed by atoms with Gasteiger partial charge in [0.05, 0.1) is 27.5 Å². The number of carbonyl (C=O) groups is 1. The van der Waals surface area contributed by atoms with E-state index in [-0.39, 0.29) is 27.7 Å². The SMILES string of the molecule is C=C(O)c1ccc(C(=N)c2ccc(-c3ccc(F)cc3)cc2NC(=O)c2c(Cl)cccc2C(F)(F)F)cc1. The fourth-order valence-electron chi connectivity index (χ4n) is 3.85. The van der Waals surface area contributed by atoms with Crippen LogP contribution in [0.15, 0.2) is 91.5 Å². The van der Waals surface area contributed by atoms with Gasteiger partial charge in [-0.2, -0.15) is 13.2 Å². The zero-order valence-electron chi connectivity index (χ0n) is 19.5. The molecule has 0 aliphatic heterocycles. The standard InChI is InChI=1S/C29H19ClF4N2O2/c1-16(37)17-5-7-19(8-6-17)27(35)22-14-11-20(18-9-12-21(31)13-10-18)15-25(22)36-28(38)26-23(29(32,33)34)3-2-4-24(26)30/h2-15,35,37H,1H2,(H,36,38). The molecule has 0 spiro atoms. The Morgan fingerprint density at radius 1 is 0.895 bits per heavy atom. The average Bonchev–Trinajstić information content (AvgIpc) is 2.88. The molecule has 0 saturated heterocycles.